The lowest BCUT2D eigenvalue weighted by Crippen LogP contribution is -1.91. The molecule has 0 unspecified atom stereocenters. The van der Waals surface area contributed by atoms with Crippen LogP contribution in [0.2, 0.25) is 0 Å². The maximum Gasteiger partial charge on any atom is 0.136 e. The SMILES string of the molecule is [2H]c1c([2H])c([2H])c(-c2ccc(-c3c4ccccc4c(-c4c([2H])c([2H])c5c(oc6c([2H])c([2H])c([2H])c(-c7ccccc7)c65)c4[2H])c4ccccc34)cc2)c([2H])c1[2H]. The van der Waals surface area contributed by atoms with E-state index in [4.69, 9.17) is 15.4 Å². The number of hydrogen-bond donors (Lipinski definition) is 0. The molecule has 0 saturated carbocycles. The van der Waals surface area contributed by atoms with Gasteiger partial charge in [0.05, 0.1) is 15.1 Å². The summed E-state index contributed by atoms with van der Waals surface area (Å²) in [6, 6.07) is 28.1. The normalized spacial score (nSPS) is 15.0. The van der Waals surface area contributed by atoms with Crippen molar-refractivity contribution in [1.29, 1.82) is 0 Å². The standard InChI is InChI=1S/C44H28O/c1-3-12-29(13-4-1)30-22-24-32(25-23-30)42-35-16-7-9-18-37(35)43(38-19-10-8-17-36(38)42)33-26-27-39-41(28-33)45-40-21-11-20-34(44(39)40)31-14-5-2-6-15-31/h1-28H/i1D,3D,4D,11D,12D,13D,20D,21D,26D,27D,28D. The van der Waals surface area contributed by atoms with Crippen molar-refractivity contribution < 1.29 is 19.5 Å². The summed E-state index contributed by atoms with van der Waals surface area (Å²) in [7, 11) is 0. The first kappa shape index (κ1) is 16.8. The Morgan fingerprint density at radius 1 is 0.378 bits per heavy atom. The molecule has 0 aliphatic rings. The fourth-order valence-corrected chi connectivity index (χ4v) is 6.30. The zero-order chi connectivity index (χ0) is 39.3. The number of hydrogen-bond acceptors (Lipinski definition) is 1. The quantitative estimate of drug-likeness (QED) is 0.188. The van der Waals surface area contributed by atoms with Gasteiger partial charge in [0.1, 0.15) is 11.2 Å². The summed E-state index contributed by atoms with van der Waals surface area (Å²) >= 11 is 0. The van der Waals surface area contributed by atoms with Gasteiger partial charge in [0.15, 0.2) is 0 Å². The van der Waals surface area contributed by atoms with Gasteiger partial charge in [0, 0.05) is 10.8 Å². The lowest BCUT2D eigenvalue weighted by atomic mass is 9.85. The smallest absolute Gasteiger partial charge is 0.136 e. The third-order valence-electron chi connectivity index (χ3n) is 8.28. The summed E-state index contributed by atoms with van der Waals surface area (Å²) in [4.78, 5) is 0. The van der Waals surface area contributed by atoms with Gasteiger partial charge >= 0.3 is 0 Å². The summed E-state index contributed by atoms with van der Waals surface area (Å²) in [5, 5.41) is 3.41. The summed E-state index contributed by atoms with van der Waals surface area (Å²) in [5.74, 6) is 0. The average Bonchev–Trinajstić information content (AvgIpc) is 3.62. The van der Waals surface area contributed by atoms with Gasteiger partial charge in [0.2, 0.25) is 0 Å². The van der Waals surface area contributed by atoms with Crippen molar-refractivity contribution in [2.24, 2.45) is 0 Å². The van der Waals surface area contributed by atoms with Gasteiger partial charge in [0.25, 0.3) is 0 Å². The van der Waals surface area contributed by atoms with Crippen molar-refractivity contribution >= 4 is 43.5 Å². The molecular formula is C44H28O. The molecule has 0 saturated heterocycles. The first-order valence-electron chi connectivity index (χ1n) is 20.0. The van der Waals surface area contributed by atoms with Crippen LogP contribution in [-0.2, 0) is 0 Å². The van der Waals surface area contributed by atoms with Crippen molar-refractivity contribution in [2.45, 2.75) is 0 Å². The highest BCUT2D eigenvalue weighted by Gasteiger charge is 2.18. The second-order valence-corrected chi connectivity index (χ2v) is 10.8. The van der Waals surface area contributed by atoms with E-state index in [2.05, 4.69) is 0 Å². The van der Waals surface area contributed by atoms with Crippen molar-refractivity contribution in [1.82, 2.24) is 0 Å². The van der Waals surface area contributed by atoms with Crippen LogP contribution in [0.4, 0.5) is 0 Å². The van der Waals surface area contributed by atoms with Crippen LogP contribution in [0.25, 0.3) is 88.0 Å². The van der Waals surface area contributed by atoms with Gasteiger partial charge in [-0.05, 0) is 84.2 Å². The molecule has 0 spiro atoms. The van der Waals surface area contributed by atoms with E-state index in [0.717, 1.165) is 21.9 Å². The fraction of sp³-hybridized carbons (Fsp3) is 0. The molecule has 0 fully saturated rings. The van der Waals surface area contributed by atoms with Crippen LogP contribution in [0.15, 0.2) is 174 Å². The first-order valence-corrected chi connectivity index (χ1v) is 14.5. The molecule has 8 aromatic carbocycles. The van der Waals surface area contributed by atoms with Crippen LogP contribution in [0.5, 0.6) is 0 Å². The number of rotatable bonds is 4. The van der Waals surface area contributed by atoms with Crippen LogP contribution in [0, 0.1) is 0 Å². The number of fused-ring (bicyclic) bond motifs is 5. The van der Waals surface area contributed by atoms with Gasteiger partial charge in [-0.15, -0.1) is 0 Å². The molecule has 9 aromatic rings. The van der Waals surface area contributed by atoms with Gasteiger partial charge < -0.3 is 4.42 Å². The molecule has 1 heterocycles. The Kier molecular flexibility index (Phi) is 3.87. The largest absolute Gasteiger partial charge is 0.456 e. The Labute approximate surface area is 277 Å². The molecule has 0 aliphatic carbocycles. The molecule has 0 bridgehead atoms. The molecular weight excluding hydrogens is 544 g/mol. The third kappa shape index (κ3) is 4.17. The molecule has 1 heteroatoms. The Bertz CT molecular complexity index is 3050. The van der Waals surface area contributed by atoms with Crippen molar-refractivity contribution in [2.75, 3.05) is 0 Å². The molecule has 0 amide bonds. The summed E-state index contributed by atoms with van der Waals surface area (Å²) in [6.07, 6.45) is 0. The average molecular weight is 584 g/mol. The van der Waals surface area contributed by atoms with Crippen molar-refractivity contribution in [3.8, 4) is 44.5 Å². The minimum Gasteiger partial charge on any atom is -0.456 e. The van der Waals surface area contributed by atoms with E-state index in [1.165, 1.54) is 0 Å². The van der Waals surface area contributed by atoms with E-state index in [1.54, 1.807) is 36.4 Å². The van der Waals surface area contributed by atoms with Crippen LogP contribution in [0.1, 0.15) is 15.1 Å². The summed E-state index contributed by atoms with van der Waals surface area (Å²) in [6.45, 7) is 0. The molecule has 0 N–H and O–H groups in total. The zero-order valence-corrected chi connectivity index (χ0v) is 23.7. The lowest BCUT2D eigenvalue weighted by molar-refractivity contribution is 0.669. The maximum atomic E-state index is 9.63. The van der Waals surface area contributed by atoms with Crippen molar-refractivity contribution in [3.05, 3.63) is 170 Å². The summed E-state index contributed by atoms with van der Waals surface area (Å²) in [5.41, 5.74) is 3.81. The molecule has 0 radical (unpaired) electrons. The number of benzene rings is 8. The van der Waals surface area contributed by atoms with Crippen LogP contribution < -0.4 is 0 Å². The number of furan rings is 1. The van der Waals surface area contributed by atoms with E-state index in [0.29, 0.717) is 33.0 Å². The second kappa shape index (κ2) is 10.4. The monoisotopic (exact) mass is 583 g/mol. The molecule has 9 rings (SSSR count). The third-order valence-corrected chi connectivity index (χ3v) is 8.28. The van der Waals surface area contributed by atoms with Crippen LogP contribution in [-0.4, -0.2) is 0 Å². The zero-order valence-electron chi connectivity index (χ0n) is 34.7. The second-order valence-electron chi connectivity index (χ2n) is 10.8. The predicted molar refractivity (Wildman–Crippen MR) is 190 cm³/mol. The van der Waals surface area contributed by atoms with E-state index >= 15 is 0 Å². The predicted octanol–water partition coefficient (Wildman–Crippen LogP) is 12.6. The van der Waals surface area contributed by atoms with Crippen molar-refractivity contribution in [3.63, 3.8) is 0 Å². The van der Waals surface area contributed by atoms with E-state index < -0.39 is 18.1 Å². The Balaban J connectivity index is 1.32. The van der Waals surface area contributed by atoms with E-state index in [-0.39, 0.29) is 81.4 Å². The molecule has 1 aromatic heterocycles. The van der Waals surface area contributed by atoms with Gasteiger partial charge in [-0.1, -0.05) is 151 Å². The molecule has 210 valence electrons. The molecule has 0 atom stereocenters. The highest BCUT2D eigenvalue weighted by atomic mass is 16.3. The Morgan fingerprint density at radius 2 is 0.978 bits per heavy atom. The first-order chi connectivity index (χ1) is 26.9. The topological polar surface area (TPSA) is 13.1 Å². The van der Waals surface area contributed by atoms with Gasteiger partial charge in [-0.2, -0.15) is 0 Å². The molecule has 1 nitrogen and oxygen atoms in total. The lowest BCUT2D eigenvalue weighted by Gasteiger charge is -2.18. The molecule has 0 aliphatic heterocycles. The minimum absolute atomic E-state index is 0.00726. The fourth-order valence-electron chi connectivity index (χ4n) is 6.30. The Hall–Kier alpha value is -5.92. The van der Waals surface area contributed by atoms with E-state index in [1.807, 2.05) is 66.7 Å². The van der Waals surface area contributed by atoms with Crippen LogP contribution >= 0.6 is 0 Å². The van der Waals surface area contributed by atoms with Gasteiger partial charge in [-0.3, -0.25) is 0 Å². The summed E-state index contributed by atoms with van der Waals surface area (Å²) < 4.78 is 102. The van der Waals surface area contributed by atoms with Gasteiger partial charge in [-0.25, -0.2) is 0 Å². The maximum absolute atomic E-state index is 9.63. The Morgan fingerprint density at radius 3 is 1.64 bits per heavy atom. The molecule has 45 heavy (non-hydrogen) atoms. The highest BCUT2D eigenvalue weighted by Crippen LogP contribution is 2.45. The van der Waals surface area contributed by atoms with E-state index in [9.17, 15) is 4.11 Å². The van der Waals surface area contributed by atoms with Crippen LogP contribution in [0.3, 0.4) is 0 Å². The highest BCUT2D eigenvalue weighted by molar-refractivity contribution is 6.22. The minimum atomic E-state index is -0.454.